The standard InChI is InChI=1S/C8H11ClN2O/c1-11(8(9)12)6-4-7-3-2-5-10-7/h2-3,5,10H,4,6H2,1H3. The number of hydrogen-bond acceptors (Lipinski definition) is 1. The van der Waals surface area contributed by atoms with Crippen LogP contribution >= 0.6 is 11.6 Å². The smallest absolute Gasteiger partial charge is 0.316 e. The molecular formula is C8H11ClN2O. The second-order valence-electron chi connectivity index (χ2n) is 2.62. The summed E-state index contributed by atoms with van der Waals surface area (Å²) in [6, 6.07) is 3.91. The van der Waals surface area contributed by atoms with Gasteiger partial charge in [-0.25, -0.2) is 0 Å². The van der Waals surface area contributed by atoms with Crippen LogP contribution in [0.15, 0.2) is 18.3 Å². The first-order valence-electron chi connectivity index (χ1n) is 3.73. The molecule has 66 valence electrons. The quantitative estimate of drug-likeness (QED) is 0.568. The van der Waals surface area contributed by atoms with Gasteiger partial charge in [-0.05, 0) is 23.7 Å². The van der Waals surface area contributed by atoms with Crippen LogP contribution in [0, 0.1) is 0 Å². The van der Waals surface area contributed by atoms with Crippen LogP contribution in [0.25, 0.3) is 0 Å². The van der Waals surface area contributed by atoms with E-state index in [1.807, 2.05) is 18.3 Å². The molecule has 0 radical (unpaired) electrons. The van der Waals surface area contributed by atoms with Crippen LogP contribution in [0.3, 0.4) is 0 Å². The van der Waals surface area contributed by atoms with Crippen LogP contribution in [0.5, 0.6) is 0 Å². The topological polar surface area (TPSA) is 36.1 Å². The molecule has 0 aliphatic heterocycles. The van der Waals surface area contributed by atoms with E-state index in [0.717, 1.165) is 12.1 Å². The SMILES string of the molecule is CN(CCc1ccc[nH]1)C(=O)Cl. The summed E-state index contributed by atoms with van der Waals surface area (Å²) < 4.78 is 0. The Balaban J connectivity index is 2.31. The molecule has 1 rings (SSSR count). The zero-order valence-corrected chi connectivity index (χ0v) is 7.64. The third-order valence-corrected chi connectivity index (χ3v) is 1.97. The summed E-state index contributed by atoms with van der Waals surface area (Å²) in [7, 11) is 1.68. The van der Waals surface area contributed by atoms with Gasteiger partial charge in [-0.3, -0.25) is 4.79 Å². The Labute approximate surface area is 76.3 Å². The van der Waals surface area contributed by atoms with Gasteiger partial charge in [-0.1, -0.05) is 0 Å². The molecule has 0 aliphatic rings. The number of aromatic amines is 1. The molecule has 0 aliphatic carbocycles. The van der Waals surface area contributed by atoms with Gasteiger partial charge >= 0.3 is 5.37 Å². The highest BCUT2D eigenvalue weighted by Crippen LogP contribution is 1.99. The minimum Gasteiger partial charge on any atom is -0.365 e. The van der Waals surface area contributed by atoms with Crippen LogP contribution < -0.4 is 0 Å². The number of carbonyl (C=O) groups is 1. The van der Waals surface area contributed by atoms with Crippen LogP contribution in [-0.2, 0) is 6.42 Å². The fraction of sp³-hybridized carbons (Fsp3) is 0.375. The Morgan fingerprint density at radius 3 is 3.00 bits per heavy atom. The number of halogens is 1. The van der Waals surface area contributed by atoms with Gasteiger partial charge in [-0.2, -0.15) is 0 Å². The average Bonchev–Trinajstić information content (AvgIpc) is 2.51. The second kappa shape index (κ2) is 4.16. The van der Waals surface area contributed by atoms with E-state index in [1.165, 1.54) is 4.90 Å². The van der Waals surface area contributed by atoms with Gasteiger partial charge in [0.25, 0.3) is 0 Å². The molecule has 0 atom stereocenters. The van der Waals surface area contributed by atoms with E-state index >= 15 is 0 Å². The molecule has 0 aromatic carbocycles. The van der Waals surface area contributed by atoms with Gasteiger partial charge in [-0.15, -0.1) is 0 Å². The molecule has 1 amide bonds. The molecule has 4 heteroatoms. The van der Waals surface area contributed by atoms with Crippen molar-refractivity contribution in [3.8, 4) is 0 Å². The number of nitrogens with zero attached hydrogens (tertiary/aromatic N) is 1. The average molecular weight is 187 g/mol. The van der Waals surface area contributed by atoms with E-state index in [2.05, 4.69) is 4.98 Å². The summed E-state index contributed by atoms with van der Waals surface area (Å²) in [6.07, 6.45) is 2.67. The van der Waals surface area contributed by atoms with E-state index in [0.29, 0.717) is 6.54 Å². The molecule has 12 heavy (non-hydrogen) atoms. The predicted octanol–water partition coefficient (Wildman–Crippen LogP) is 1.85. The summed E-state index contributed by atoms with van der Waals surface area (Å²) in [6.45, 7) is 0.642. The molecule has 0 saturated carbocycles. The van der Waals surface area contributed by atoms with E-state index in [9.17, 15) is 4.79 Å². The molecule has 1 N–H and O–H groups in total. The molecule has 1 heterocycles. The van der Waals surface area contributed by atoms with Gasteiger partial charge in [0, 0.05) is 31.9 Å². The van der Waals surface area contributed by atoms with E-state index in [-0.39, 0.29) is 0 Å². The number of likely N-dealkylation sites (N-methyl/N-ethyl adjacent to an activating group) is 1. The summed E-state index contributed by atoms with van der Waals surface area (Å²) in [5.74, 6) is 0. The molecule has 0 fully saturated rings. The summed E-state index contributed by atoms with van der Waals surface area (Å²) in [4.78, 5) is 15.1. The van der Waals surface area contributed by atoms with Gasteiger partial charge in [0.2, 0.25) is 0 Å². The number of hydrogen-bond donors (Lipinski definition) is 1. The van der Waals surface area contributed by atoms with Crippen molar-refractivity contribution in [2.24, 2.45) is 0 Å². The first-order chi connectivity index (χ1) is 5.70. The van der Waals surface area contributed by atoms with E-state index < -0.39 is 5.37 Å². The Morgan fingerprint density at radius 2 is 2.50 bits per heavy atom. The Morgan fingerprint density at radius 1 is 1.75 bits per heavy atom. The molecular weight excluding hydrogens is 176 g/mol. The number of aromatic nitrogens is 1. The van der Waals surface area contributed by atoms with Gasteiger partial charge in [0.15, 0.2) is 0 Å². The van der Waals surface area contributed by atoms with E-state index in [1.54, 1.807) is 7.05 Å². The first-order valence-corrected chi connectivity index (χ1v) is 4.11. The summed E-state index contributed by atoms with van der Waals surface area (Å²) >= 11 is 5.25. The molecule has 3 nitrogen and oxygen atoms in total. The Kier molecular flexibility index (Phi) is 3.17. The highest BCUT2D eigenvalue weighted by molar-refractivity contribution is 6.62. The highest BCUT2D eigenvalue weighted by atomic mass is 35.5. The molecule has 1 aromatic rings. The van der Waals surface area contributed by atoms with Gasteiger partial charge < -0.3 is 9.88 Å². The molecule has 0 unspecified atom stereocenters. The number of rotatable bonds is 3. The Hall–Kier alpha value is -0.960. The van der Waals surface area contributed by atoms with Crippen molar-refractivity contribution >= 4 is 17.0 Å². The molecule has 1 aromatic heterocycles. The van der Waals surface area contributed by atoms with Gasteiger partial charge in [0.1, 0.15) is 0 Å². The highest BCUT2D eigenvalue weighted by Gasteiger charge is 2.03. The number of H-pyrrole nitrogens is 1. The van der Waals surface area contributed by atoms with Crippen molar-refractivity contribution in [3.63, 3.8) is 0 Å². The maximum atomic E-state index is 10.6. The number of nitrogens with one attached hydrogen (secondary N) is 1. The zero-order valence-electron chi connectivity index (χ0n) is 6.88. The normalized spacial score (nSPS) is 9.83. The lowest BCUT2D eigenvalue weighted by molar-refractivity contribution is 0.232. The van der Waals surface area contributed by atoms with Crippen LogP contribution in [0.4, 0.5) is 4.79 Å². The van der Waals surface area contributed by atoms with Crippen LogP contribution in [0.2, 0.25) is 0 Å². The monoisotopic (exact) mass is 186 g/mol. The van der Waals surface area contributed by atoms with Crippen LogP contribution in [0.1, 0.15) is 5.69 Å². The minimum absolute atomic E-state index is 0.415. The van der Waals surface area contributed by atoms with E-state index in [4.69, 9.17) is 11.6 Å². The fourth-order valence-corrected chi connectivity index (χ4v) is 0.984. The van der Waals surface area contributed by atoms with Crippen molar-refractivity contribution in [2.45, 2.75) is 6.42 Å². The van der Waals surface area contributed by atoms with Crippen molar-refractivity contribution < 1.29 is 4.79 Å². The minimum atomic E-state index is -0.415. The zero-order chi connectivity index (χ0) is 8.97. The molecule has 0 spiro atoms. The predicted molar refractivity (Wildman–Crippen MR) is 48.4 cm³/mol. The second-order valence-corrected chi connectivity index (χ2v) is 2.94. The Bertz CT molecular complexity index is 246. The van der Waals surface area contributed by atoms with Crippen molar-refractivity contribution in [1.82, 2.24) is 9.88 Å². The molecule has 0 saturated heterocycles. The summed E-state index contributed by atoms with van der Waals surface area (Å²) in [5.41, 5.74) is 1.11. The third kappa shape index (κ3) is 2.58. The lowest BCUT2D eigenvalue weighted by Gasteiger charge is -2.11. The van der Waals surface area contributed by atoms with Crippen molar-refractivity contribution in [1.29, 1.82) is 0 Å². The number of amides is 1. The number of carbonyl (C=O) groups excluding carboxylic acids is 1. The first kappa shape index (κ1) is 9.13. The maximum absolute atomic E-state index is 10.6. The fourth-order valence-electron chi connectivity index (χ4n) is 0.899. The summed E-state index contributed by atoms with van der Waals surface area (Å²) in [5, 5.41) is -0.415. The lowest BCUT2D eigenvalue weighted by atomic mass is 10.3. The van der Waals surface area contributed by atoms with Crippen LogP contribution in [-0.4, -0.2) is 28.8 Å². The maximum Gasteiger partial charge on any atom is 0.316 e. The molecule has 0 bridgehead atoms. The third-order valence-electron chi connectivity index (χ3n) is 1.68. The van der Waals surface area contributed by atoms with Crippen molar-refractivity contribution in [3.05, 3.63) is 24.0 Å². The van der Waals surface area contributed by atoms with Crippen molar-refractivity contribution in [2.75, 3.05) is 13.6 Å². The lowest BCUT2D eigenvalue weighted by Crippen LogP contribution is -2.23. The largest absolute Gasteiger partial charge is 0.365 e. The van der Waals surface area contributed by atoms with Gasteiger partial charge in [0.05, 0.1) is 0 Å².